The highest BCUT2D eigenvalue weighted by Crippen LogP contribution is 2.52. The predicted octanol–water partition coefficient (Wildman–Crippen LogP) is 2.51. The van der Waals surface area contributed by atoms with E-state index in [0.29, 0.717) is 0 Å². The van der Waals surface area contributed by atoms with Crippen LogP contribution in [0.25, 0.3) is 0 Å². The number of fused-ring (bicyclic) bond motifs is 2. The molecule has 2 bridgehead atoms. The zero-order valence-corrected chi connectivity index (χ0v) is 10.9. The number of amides is 1. The van der Waals surface area contributed by atoms with E-state index in [4.69, 9.17) is 0 Å². The normalized spacial score (nSPS) is 31.2. The van der Waals surface area contributed by atoms with Gasteiger partial charge in [0.15, 0.2) is 0 Å². The molecule has 2 aliphatic carbocycles. The summed E-state index contributed by atoms with van der Waals surface area (Å²) < 4.78 is 13.5. The molecule has 106 valence electrons. The van der Waals surface area contributed by atoms with Crippen LogP contribution in [0.1, 0.15) is 19.3 Å². The first-order chi connectivity index (χ1) is 9.58. The van der Waals surface area contributed by atoms with Crippen molar-refractivity contribution in [3.63, 3.8) is 0 Å². The zero-order chi connectivity index (χ0) is 14.3. The second kappa shape index (κ2) is 4.89. The van der Waals surface area contributed by atoms with Crippen molar-refractivity contribution in [2.45, 2.75) is 19.3 Å². The Morgan fingerprint density at radius 2 is 1.80 bits per heavy atom. The van der Waals surface area contributed by atoms with Crippen LogP contribution in [0.5, 0.6) is 0 Å². The molecular weight excluding hydrogens is 261 g/mol. The van der Waals surface area contributed by atoms with Crippen molar-refractivity contribution in [2.75, 3.05) is 5.32 Å². The van der Waals surface area contributed by atoms with E-state index in [1.165, 1.54) is 12.1 Å². The lowest BCUT2D eigenvalue weighted by molar-refractivity contribution is -0.148. The van der Waals surface area contributed by atoms with Gasteiger partial charge in [-0.1, -0.05) is 12.1 Å². The molecule has 0 aliphatic heterocycles. The van der Waals surface area contributed by atoms with Crippen molar-refractivity contribution in [3.05, 3.63) is 30.1 Å². The highest BCUT2D eigenvalue weighted by atomic mass is 19.1. The first-order valence-corrected chi connectivity index (χ1v) is 6.86. The van der Waals surface area contributed by atoms with Gasteiger partial charge in [0.1, 0.15) is 5.82 Å². The average molecular weight is 277 g/mol. The van der Waals surface area contributed by atoms with E-state index in [0.717, 1.165) is 19.3 Å². The van der Waals surface area contributed by atoms with Crippen LogP contribution in [-0.4, -0.2) is 17.0 Å². The summed E-state index contributed by atoms with van der Waals surface area (Å²) in [4.78, 5) is 23.7. The lowest BCUT2D eigenvalue weighted by Gasteiger charge is -2.27. The van der Waals surface area contributed by atoms with Crippen LogP contribution in [0, 0.1) is 29.5 Å². The summed E-state index contributed by atoms with van der Waals surface area (Å²) in [7, 11) is 0. The summed E-state index contributed by atoms with van der Waals surface area (Å²) in [6.07, 6.45) is 2.57. The molecule has 0 saturated heterocycles. The quantitative estimate of drug-likeness (QED) is 0.892. The van der Waals surface area contributed by atoms with E-state index in [1.54, 1.807) is 12.1 Å². The van der Waals surface area contributed by atoms with E-state index < -0.39 is 23.6 Å². The molecule has 4 atom stereocenters. The fraction of sp³-hybridized carbons (Fsp3) is 0.467. The minimum atomic E-state index is -0.911. The number of carbonyl (C=O) groups is 2. The van der Waals surface area contributed by atoms with Crippen LogP contribution in [0.3, 0.4) is 0 Å². The first kappa shape index (κ1) is 13.1. The number of benzene rings is 1. The van der Waals surface area contributed by atoms with Gasteiger partial charge in [0.05, 0.1) is 17.5 Å². The molecule has 0 heterocycles. The number of carbonyl (C=O) groups excluding carboxylic acids is 1. The van der Waals surface area contributed by atoms with Gasteiger partial charge in [0.2, 0.25) is 5.91 Å². The van der Waals surface area contributed by atoms with E-state index in [9.17, 15) is 19.1 Å². The third-order valence-electron chi connectivity index (χ3n) is 4.64. The summed E-state index contributed by atoms with van der Waals surface area (Å²) in [6.45, 7) is 0. The van der Waals surface area contributed by atoms with Crippen molar-refractivity contribution in [3.8, 4) is 0 Å². The molecule has 1 aromatic rings. The number of para-hydroxylation sites is 1. The average Bonchev–Trinajstić information content (AvgIpc) is 3.01. The number of carboxylic acid groups (broad SMARTS) is 1. The monoisotopic (exact) mass is 277 g/mol. The Morgan fingerprint density at radius 1 is 1.15 bits per heavy atom. The third-order valence-corrected chi connectivity index (χ3v) is 4.64. The number of hydrogen-bond donors (Lipinski definition) is 2. The standard InChI is InChI=1S/C15H16FNO3/c16-10-3-1-2-4-11(10)17-14(18)12-8-5-6-9(7-8)13(12)15(19)20/h1-4,8-9,12-13H,5-7H2,(H,17,18)(H,19,20)/t8-,9+,12-,13+/m1/s1. The minimum Gasteiger partial charge on any atom is -0.481 e. The number of hydrogen-bond acceptors (Lipinski definition) is 2. The molecule has 0 aromatic heterocycles. The van der Waals surface area contributed by atoms with Crippen molar-refractivity contribution in [1.29, 1.82) is 0 Å². The Bertz CT molecular complexity index is 560. The molecule has 2 fully saturated rings. The van der Waals surface area contributed by atoms with Gasteiger partial charge in [-0.15, -0.1) is 0 Å². The fourth-order valence-electron chi connectivity index (χ4n) is 3.80. The van der Waals surface area contributed by atoms with Crippen LogP contribution < -0.4 is 5.32 Å². The van der Waals surface area contributed by atoms with Gasteiger partial charge in [0.25, 0.3) is 0 Å². The molecule has 3 rings (SSSR count). The maximum atomic E-state index is 13.5. The van der Waals surface area contributed by atoms with Crippen molar-refractivity contribution in [2.24, 2.45) is 23.7 Å². The molecule has 4 nitrogen and oxygen atoms in total. The topological polar surface area (TPSA) is 66.4 Å². The van der Waals surface area contributed by atoms with E-state index in [-0.39, 0.29) is 23.4 Å². The van der Waals surface area contributed by atoms with Gasteiger partial charge < -0.3 is 10.4 Å². The molecule has 0 radical (unpaired) electrons. The lowest BCUT2D eigenvalue weighted by atomic mass is 9.78. The van der Waals surface area contributed by atoms with Gasteiger partial charge in [-0.05, 0) is 43.2 Å². The molecule has 2 N–H and O–H groups in total. The van der Waals surface area contributed by atoms with Gasteiger partial charge in [-0.2, -0.15) is 0 Å². The molecule has 20 heavy (non-hydrogen) atoms. The first-order valence-electron chi connectivity index (χ1n) is 6.86. The minimum absolute atomic E-state index is 0.0915. The van der Waals surface area contributed by atoms with Crippen molar-refractivity contribution in [1.82, 2.24) is 0 Å². The number of nitrogens with one attached hydrogen (secondary N) is 1. The molecule has 5 heteroatoms. The molecule has 0 unspecified atom stereocenters. The van der Waals surface area contributed by atoms with Crippen LogP contribution in [0.15, 0.2) is 24.3 Å². The smallest absolute Gasteiger partial charge is 0.307 e. The summed E-state index contributed by atoms with van der Waals surface area (Å²) in [5, 5.41) is 11.9. The Hall–Kier alpha value is -1.91. The highest BCUT2D eigenvalue weighted by Gasteiger charge is 2.54. The Balaban J connectivity index is 1.80. The molecule has 0 spiro atoms. The summed E-state index contributed by atoms with van der Waals surface area (Å²) in [5.74, 6) is -2.73. The van der Waals surface area contributed by atoms with Crippen LogP contribution in [0.4, 0.5) is 10.1 Å². The maximum absolute atomic E-state index is 13.5. The molecular formula is C15H16FNO3. The fourth-order valence-corrected chi connectivity index (χ4v) is 3.80. The lowest BCUT2D eigenvalue weighted by Crippen LogP contribution is -2.38. The van der Waals surface area contributed by atoms with Gasteiger partial charge >= 0.3 is 5.97 Å². The number of aliphatic carboxylic acids is 1. The van der Waals surface area contributed by atoms with Crippen LogP contribution in [0.2, 0.25) is 0 Å². The van der Waals surface area contributed by atoms with E-state index in [1.807, 2.05) is 0 Å². The summed E-state index contributed by atoms with van der Waals surface area (Å²) in [6, 6.07) is 5.93. The maximum Gasteiger partial charge on any atom is 0.307 e. The molecule has 1 aromatic carbocycles. The molecule has 1 amide bonds. The molecule has 2 aliphatic rings. The summed E-state index contributed by atoms with van der Waals surface area (Å²) in [5.41, 5.74) is 0.115. The highest BCUT2D eigenvalue weighted by molar-refractivity contribution is 5.96. The third kappa shape index (κ3) is 2.07. The molecule has 2 saturated carbocycles. The number of halogens is 1. The largest absolute Gasteiger partial charge is 0.481 e. The number of rotatable bonds is 3. The van der Waals surface area contributed by atoms with Crippen LogP contribution >= 0.6 is 0 Å². The van der Waals surface area contributed by atoms with Gasteiger partial charge in [-0.3, -0.25) is 9.59 Å². The predicted molar refractivity (Wildman–Crippen MR) is 70.5 cm³/mol. The second-order valence-electron chi connectivity index (χ2n) is 5.69. The number of carboxylic acids is 1. The van der Waals surface area contributed by atoms with E-state index >= 15 is 0 Å². The zero-order valence-electron chi connectivity index (χ0n) is 10.9. The number of anilines is 1. The summed E-state index contributed by atoms with van der Waals surface area (Å²) >= 11 is 0. The van der Waals surface area contributed by atoms with Crippen LogP contribution in [-0.2, 0) is 9.59 Å². The van der Waals surface area contributed by atoms with E-state index in [2.05, 4.69) is 5.32 Å². The Labute approximate surface area is 116 Å². The van der Waals surface area contributed by atoms with Gasteiger partial charge in [-0.25, -0.2) is 4.39 Å². The SMILES string of the molecule is O=C(Nc1ccccc1F)[C@@H]1[C@@H]2CC[C@@H](C2)[C@@H]1C(=O)O. The Kier molecular flexibility index (Phi) is 3.20. The van der Waals surface area contributed by atoms with Crippen molar-refractivity contribution >= 4 is 17.6 Å². The van der Waals surface area contributed by atoms with Gasteiger partial charge in [0, 0.05) is 0 Å². The second-order valence-corrected chi connectivity index (χ2v) is 5.69. The van der Waals surface area contributed by atoms with Crippen molar-refractivity contribution < 1.29 is 19.1 Å². The Morgan fingerprint density at radius 3 is 2.45 bits per heavy atom.